The number of amides is 2. The molecule has 2 rings (SSSR count). The van der Waals surface area contributed by atoms with Crippen LogP contribution in [0.15, 0.2) is 54.6 Å². The third kappa shape index (κ3) is 6.28. The zero-order valence-corrected chi connectivity index (χ0v) is 16.4. The second kappa shape index (κ2) is 9.28. The van der Waals surface area contributed by atoms with E-state index in [1.807, 2.05) is 43.3 Å². The van der Waals surface area contributed by atoms with Crippen LogP contribution in [0, 0.1) is 10.5 Å². The van der Waals surface area contributed by atoms with Crippen LogP contribution in [0.3, 0.4) is 0 Å². The molecule has 2 aromatic rings. The number of rotatable bonds is 3. The number of carbonyl (C=O) groups excluding carboxylic acids is 2. The van der Waals surface area contributed by atoms with Crippen molar-refractivity contribution in [2.75, 3.05) is 0 Å². The Morgan fingerprint density at radius 1 is 1.04 bits per heavy atom. The number of halogens is 1. The fourth-order valence-corrected chi connectivity index (χ4v) is 2.64. The average molecular weight is 465 g/mol. The zero-order chi connectivity index (χ0) is 18.2. The van der Waals surface area contributed by atoms with E-state index in [1.54, 1.807) is 18.2 Å². The Kier molecular flexibility index (Phi) is 7.08. The van der Waals surface area contributed by atoms with Crippen LogP contribution in [-0.2, 0) is 4.79 Å². The van der Waals surface area contributed by atoms with Crippen molar-refractivity contribution < 1.29 is 9.59 Å². The summed E-state index contributed by atoms with van der Waals surface area (Å²) in [5, 5.41) is 2.47. The molecule has 0 saturated carbocycles. The van der Waals surface area contributed by atoms with Gasteiger partial charge in [0.15, 0.2) is 5.11 Å². The molecule has 0 atom stereocenters. The van der Waals surface area contributed by atoms with Crippen molar-refractivity contribution in [2.24, 2.45) is 0 Å². The molecule has 0 aliphatic rings. The number of hydrazine groups is 1. The first-order chi connectivity index (χ1) is 12.0. The summed E-state index contributed by atoms with van der Waals surface area (Å²) < 4.78 is 0.815. The predicted octanol–water partition coefficient (Wildman–Crippen LogP) is 2.95. The van der Waals surface area contributed by atoms with Gasteiger partial charge >= 0.3 is 0 Å². The summed E-state index contributed by atoms with van der Waals surface area (Å²) in [6, 6.07) is 14.9. The Morgan fingerprint density at radius 2 is 1.72 bits per heavy atom. The van der Waals surface area contributed by atoms with Crippen LogP contribution in [0.1, 0.15) is 21.5 Å². The van der Waals surface area contributed by atoms with Gasteiger partial charge in [-0.15, -0.1) is 0 Å². The molecule has 2 aromatic carbocycles. The molecule has 128 valence electrons. The molecule has 2 amide bonds. The highest BCUT2D eigenvalue weighted by molar-refractivity contribution is 14.1. The molecule has 7 heteroatoms. The van der Waals surface area contributed by atoms with Crippen molar-refractivity contribution in [2.45, 2.75) is 6.92 Å². The molecule has 0 heterocycles. The van der Waals surface area contributed by atoms with Crippen LogP contribution in [0.2, 0.25) is 0 Å². The minimum Gasteiger partial charge on any atom is -0.298 e. The topological polar surface area (TPSA) is 70.2 Å². The van der Waals surface area contributed by atoms with Gasteiger partial charge in [-0.3, -0.25) is 25.8 Å². The van der Waals surface area contributed by atoms with Crippen molar-refractivity contribution in [1.29, 1.82) is 0 Å². The van der Waals surface area contributed by atoms with Gasteiger partial charge in [0.05, 0.1) is 5.56 Å². The van der Waals surface area contributed by atoms with E-state index in [2.05, 4.69) is 38.8 Å². The molecule has 5 nitrogen and oxygen atoms in total. The highest BCUT2D eigenvalue weighted by Crippen LogP contribution is 2.10. The molecular formula is C18H16IN3O2S. The monoisotopic (exact) mass is 465 g/mol. The minimum atomic E-state index is -0.387. The number of carbonyl (C=O) groups is 2. The number of aryl methyl sites for hydroxylation is 1. The Labute approximate surface area is 165 Å². The van der Waals surface area contributed by atoms with E-state index in [-0.39, 0.29) is 16.9 Å². The second-order valence-electron chi connectivity index (χ2n) is 5.12. The Morgan fingerprint density at radius 3 is 2.40 bits per heavy atom. The predicted molar refractivity (Wildman–Crippen MR) is 111 cm³/mol. The summed E-state index contributed by atoms with van der Waals surface area (Å²) in [5.41, 5.74) is 7.53. The number of thiocarbonyl (C=S) groups is 1. The number of nitrogens with one attached hydrogen (secondary N) is 3. The van der Waals surface area contributed by atoms with Crippen molar-refractivity contribution in [3.8, 4) is 0 Å². The van der Waals surface area contributed by atoms with Gasteiger partial charge in [-0.05, 0) is 65.5 Å². The smallest absolute Gasteiger partial charge is 0.270 e. The molecule has 3 N–H and O–H groups in total. The van der Waals surface area contributed by atoms with E-state index in [0.717, 1.165) is 14.7 Å². The van der Waals surface area contributed by atoms with Gasteiger partial charge in [-0.2, -0.15) is 0 Å². The summed E-state index contributed by atoms with van der Waals surface area (Å²) in [6.07, 6.45) is 3.06. The lowest BCUT2D eigenvalue weighted by Crippen LogP contribution is -2.48. The Balaban J connectivity index is 1.81. The van der Waals surface area contributed by atoms with Crippen molar-refractivity contribution >= 4 is 57.8 Å². The normalized spacial score (nSPS) is 10.3. The lowest BCUT2D eigenvalue weighted by atomic mass is 10.1. The molecule has 0 radical (unpaired) electrons. The molecular weight excluding hydrogens is 449 g/mol. The molecule has 0 aliphatic heterocycles. The van der Waals surface area contributed by atoms with Crippen molar-refractivity contribution in [1.82, 2.24) is 16.2 Å². The van der Waals surface area contributed by atoms with Gasteiger partial charge in [0, 0.05) is 9.65 Å². The molecule has 0 fully saturated rings. The van der Waals surface area contributed by atoms with Crippen molar-refractivity contribution in [3.05, 3.63) is 74.9 Å². The van der Waals surface area contributed by atoms with Crippen LogP contribution >= 0.6 is 34.8 Å². The third-order valence-corrected chi connectivity index (χ3v) is 4.29. The van der Waals surface area contributed by atoms with E-state index < -0.39 is 0 Å². The summed E-state index contributed by atoms with van der Waals surface area (Å²) in [4.78, 5) is 23.9. The van der Waals surface area contributed by atoms with E-state index in [4.69, 9.17) is 12.2 Å². The largest absolute Gasteiger partial charge is 0.298 e. The summed E-state index contributed by atoms with van der Waals surface area (Å²) in [7, 11) is 0. The standard InChI is InChI=1S/C18H16IN3O2S/c1-12-6-8-13(9-7-12)10-11-16(23)20-18(25)22-21-17(24)14-4-2-3-5-15(14)19/h2-11H,1H3,(H,21,24)(H2,20,22,23,25)/b11-10+. The fraction of sp³-hybridized carbons (Fsp3) is 0.0556. The highest BCUT2D eigenvalue weighted by Gasteiger charge is 2.09. The highest BCUT2D eigenvalue weighted by atomic mass is 127. The van der Waals surface area contributed by atoms with Crippen molar-refractivity contribution in [3.63, 3.8) is 0 Å². The van der Waals surface area contributed by atoms with E-state index in [0.29, 0.717) is 5.56 Å². The van der Waals surface area contributed by atoms with Gasteiger partial charge in [-0.1, -0.05) is 42.0 Å². The maximum Gasteiger partial charge on any atom is 0.270 e. The maximum atomic E-state index is 12.0. The van der Waals surface area contributed by atoms with Crippen LogP contribution in [0.5, 0.6) is 0 Å². The molecule has 0 aliphatic carbocycles. The van der Waals surface area contributed by atoms with Crippen LogP contribution in [-0.4, -0.2) is 16.9 Å². The van der Waals surface area contributed by atoms with Gasteiger partial charge < -0.3 is 0 Å². The lowest BCUT2D eigenvalue weighted by molar-refractivity contribution is -0.115. The van der Waals surface area contributed by atoms with Gasteiger partial charge in [0.25, 0.3) is 5.91 Å². The minimum absolute atomic E-state index is 0.0119. The van der Waals surface area contributed by atoms with Gasteiger partial charge in [0.2, 0.25) is 5.91 Å². The van der Waals surface area contributed by atoms with Gasteiger partial charge in [0.1, 0.15) is 0 Å². The molecule has 0 unspecified atom stereocenters. The zero-order valence-electron chi connectivity index (χ0n) is 13.4. The van der Waals surface area contributed by atoms with Crippen LogP contribution in [0.4, 0.5) is 0 Å². The lowest BCUT2D eigenvalue weighted by Gasteiger charge is -2.10. The quantitative estimate of drug-likeness (QED) is 0.282. The fourth-order valence-electron chi connectivity index (χ4n) is 1.86. The Bertz CT molecular complexity index is 819. The van der Waals surface area contributed by atoms with Crippen LogP contribution < -0.4 is 16.2 Å². The summed E-state index contributed by atoms with van der Waals surface area (Å²) in [5.74, 6) is -0.724. The summed E-state index contributed by atoms with van der Waals surface area (Å²) in [6.45, 7) is 2.00. The number of hydrogen-bond donors (Lipinski definition) is 3. The van der Waals surface area contributed by atoms with Crippen LogP contribution in [0.25, 0.3) is 6.08 Å². The molecule has 25 heavy (non-hydrogen) atoms. The number of hydrogen-bond acceptors (Lipinski definition) is 3. The SMILES string of the molecule is Cc1ccc(/C=C/C(=O)NC(=S)NNC(=O)c2ccccc2I)cc1. The van der Waals surface area contributed by atoms with Gasteiger partial charge in [-0.25, -0.2) is 0 Å². The maximum absolute atomic E-state index is 12.0. The average Bonchev–Trinajstić information content (AvgIpc) is 2.59. The first kappa shape index (κ1) is 19.1. The molecule has 0 spiro atoms. The second-order valence-corrected chi connectivity index (χ2v) is 6.69. The first-order valence-electron chi connectivity index (χ1n) is 7.36. The molecule has 0 bridgehead atoms. The third-order valence-electron chi connectivity index (χ3n) is 3.15. The van der Waals surface area contributed by atoms with E-state index >= 15 is 0 Å². The Hall–Kier alpha value is -2.26. The van der Waals surface area contributed by atoms with E-state index in [9.17, 15) is 9.59 Å². The molecule has 0 saturated heterocycles. The summed E-state index contributed by atoms with van der Waals surface area (Å²) >= 11 is 7.06. The number of benzene rings is 2. The van der Waals surface area contributed by atoms with E-state index in [1.165, 1.54) is 6.08 Å². The molecule has 0 aromatic heterocycles. The first-order valence-corrected chi connectivity index (χ1v) is 8.85.